The van der Waals surface area contributed by atoms with Gasteiger partial charge in [0.2, 0.25) is 0 Å². The first-order valence-corrected chi connectivity index (χ1v) is 7.05. The average Bonchev–Trinajstić information content (AvgIpc) is 2.48. The van der Waals surface area contributed by atoms with Crippen molar-refractivity contribution in [3.63, 3.8) is 0 Å². The van der Waals surface area contributed by atoms with Crippen LogP contribution in [0.25, 0.3) is 0 Å². The van der Waals surface area contributed by atoms with Crippen molar-refractivity contribution in [2.24, 2.45) is 10.7 Å². The molecule has 0 aliphatic carbocycles. The number of aliphatic imine (C=N–C) groups is 1. The van der Waals surface area contributed by atoms with Crippen molar-refractivity contribution in [3.8, 4) is 11.5 Å². The lowest BCUT2D eigenvalue weighted by molar-refractivity contribution is 0.251. The van der Waals surface area contributed by atoms with E-state index in [4.69, 9.17) is 10.5 Å². The molecule has 0 aromatic heterocycles. The van der Waals surface area contributed by atoms with Crippen molar-refractivity contribution in [2.75, 3.05) is 25.6 Å². The van der Waals surface area contributed by atoms with Gasteiger partial charge in [-0.05, 0) is 20.3 Å². The molecule has 7 nitrogen and oxygen atoms in total. The standard InChI is InChI=1S/C15H24N4O3/c1-6-7-17-14(16)18-15(21)19(4)13-9(2)11(20)8-12(22-5)10(13)3/h8,20H,6-7H2,1-5H3,(H3,16,17,18,21). The number of urea groups is 1. The summed E-state index contributed by atoms with van der Waals surface area (Å²) in [6.07, 6.45) is 0.842. The van der Waals surface area contributed by atoms with Crippen molar-refractivity contribution < 1.29 is 14.6 Å². The Labute approximate surface area is 130 Å². The van der Waals surface area contributed by atoms with E-state index in [0.29, 0.717) is 23.5 Å². The van der Waals surface area contributed by atoms with E-state index in [2.05, 4.69) is 10.3 Å². The van der Waals surface area contributed by atoms with Crippen LogP contribution in [0, 0.1) is 13.8 Å². The van der Waals surface area contributed by atoms with Crippen molar-refractivity contribution >= 4 is 17.7 Å². The van der Waals surface area contributed by atoms with Gasteiger partial charge in [-0.15, -0.1) is 0 Å². The molecule has 122 valence electrons. The first-order valence-electron chi connectivity index (χ1n) is 7.05. The van der Waals surface area contributed by atoms with Crippen LogP contribution in [0.1, 0.15) is 24.5 Å². The van der Waals surface area contributed by atoms with Gasteiger partial charge in [0, 0.05) is 30.8 Å². The molecule has 1 aromatic rings. The first-order chi connectivity index (χ1) is 10.3. The van der Waals surface area contributed by atoms with Gasteiger partial charge in [0.25, 0.3) is 0 Å². The number of amides is 2. The van der Waals surface area contributed by atoms with Gasteiger partial charge in [0.1, 0.15) is 11.5 Å². The molecular weight excluding hydrogens is 284 g/mol. The smallest absolute Gasteiger partial charge is 0.328 e. The number of nitrogens with two attached hydrogens (primary N) is 1. The largest absolute Gasteiger partial charge is 0.507 e. The van der Waals surface area contributed by atoms with Gasteiger partial charge in [-0.2, -0.15) is 0 Å². The van der Waals surface area contributed by atoms with Crippen molar-refractivity contribution in [3.05, 3.63) is 17.2 Å². The van der Waals surface area contributed by atoms with E-state index < -0.39 is 6.03 Å². The second-order valence-corrected chi connectivity index (χ2v) is 4.95. The van der Waals surface area contributed by atoms with Crippen LogP contribution in [-0.2, 0) is 0 Å². The van der Waals surface area contributed by atoms with E-state index in [1.807, 2.05) is 13.8 Å². The minimum Gasteiger partial charge on any atom is -0.507 e. The van der Waals surface area contributed by atoms with E-state index in [9.17, 15) is 9.90 Å². The monoisotopic (exact) mass is 308 g/mol. The zero-order valence-electron chi connectivity index (χ0n) is 13.7. The Morgan fingerprint density at radius 3 is 2.64 bits per heavy atom. The molecule has 22 heavy (non-hydrogen) atoms. The Bertz CT molecular complexity index is 585. The number of methoxy groups -OCH3 is 1. The molecule has 0 saturated carbocycles. The summed E-state index contributed by atoms with van der Waals surface area (Å²) < 4.78 is 5.22. The highest BCUT2D eigenvalue weighted by molar-refractivity contribution is 6.04. The Kier molecular flexibility index (Phi) is 6.03. The molecule has 0 heterocycles. The highest BCUT2D eigenvalue weighted by atomic mass is 16.5. The van der Waals surface area contributed by atoms with Crippen LogP contribution in [0.2, 0.25) is 0 Å². The van der Waals surface area contributed by atoms with Gasteiger partial charge in [0.05, 0.1) is 12.8 Å². The minimum absolute atomic E-state index is 0.0599. The number of aromatic hydroxyl groups is 1. The van der Waals surface area contributed by atoms with Crippen LogP contribution in [-0.4, -0.2) is 37.8 Å². The number of phenols is 1. The van der Waals surface area contributed by atoms with E-state index >= 15 is 0 Å². The molecule has 0 saturated heterocycles. The van der Waals surface area contributed by atoms with Gasteiger partial charge < -0.3 is 15.6 Å². The predicted molar refractivity (Wildman–Crippen MR) is 87.8 cm³/mol. The maximum atomic E-state index is 12.3. The molecule has 0 unspecified atom stereocenters. The quantitative estimate of drug-likeness (QED) is 0.584. The summed E-state index contributed by atoms with van der Waals surface area (Å²) in [5.74, 6) is 0.635. The van der Waals surface area contributed by atoms with E-state index in [1.165, 1.54) is 18.1 Å². The van der Waals surface area contributed by atoms with Crippen LogP contribution >= 0.6 is 0 Å². The van der Waals surface area contributed by atoms with E-state index in [-0.39, 0.29) is 11.7 Å². The van der Waals surface area contributed by atoms with Gasteiger partial charge >= 0.3 is 6.03 Å². The summed E-state index contributed by atoms with van der Waals surface area (Å²) in [5.41, 5.74) is 7.56. The molecule has 0 aliphatic heterocycles. The molecule has 0 radical (unpaired) electrons. The summed E-state index contributed by atoms with van der Waals surface area (Å²) in [4.78, 5) is 17.7. The number of nitrogens with one attached hydrogen (secondary N) is 1. The molecule has 2 amide bonds. The number of nitrogens with zero attached hydrogens (tertiary/aromatic N) is 2. The molecular formula is C15H24N4O3. The zero-order valence-corrected chi connectivity index (χ0v) is 13.7. The zero-order chi connectivity index (χ0) is 16.9. The molecule has 0 spiro atoms. The summed E-state index contributed by atoms with van der Waals surface area (Å²) in [7, 11) is 3.10. The SMILES string of the molecule is CCCN=C(N)NC(=O)N(C)c1c(C)c(O)cc(OC)c1C. The Morgan fingerprint density at radius 1 is 1.45 bits per heavy atom. The first kappa shape index (κ1) is 17.6. The van der Waals surface area contributed by atoms with Crippen LogP contribution in [0.3, 0.4) is 0 Å². The summed E-state index contributed by atoms with van der Waals surface area (Å²) in [6.45, 7) is 6.07. The molecule has 0 atom stereocenters. The van der Waals surface area contributed by atoms with Crippen LogP contribution in [0.15, 0.2) is 11.1 Å². The molecule has 0 bridgehead atoms. The summed E-state index contributed by atoms with van der Waals surface area (Å²) >= 11 is 0. The number of hydrogen-bond acceptors (Lipinski definition) is 4. The Hall–Kier alpha value is -2.44. The van der Waals surface area contributed by atoms with E-state index in [1.54, 1.807) is 14.0 Å². The maximum absolute atomic E-state index is 12.3. The highest BCUT2D eigenvalue weighted by Gasteiger charge is 2.20. The topological polar surface area (TPSA) is 100 Å². The molecule has 4 N–H and O–H groups in total. The number of benzene rings is 1. The fourth-order valence-electron chi connectivity index (χ4n) is 2.14. The van der Waals surface area contributed by atoms with Crippen LogP contribution < -0.4 is 20.7 Å². The number of carbonyl (C=O) groups excluding carboxylic acids is 1. The molecule has 7 heteroatoms. The number of guanidine groups is 1. The molecule has 1 rings (SSSR count). The lowest BCUT2D eigenvalue weighted by Crippen LogP contribution is -2.45. The normalized spacial score (nSPS) is 11.2. The maximum Gasteiger partial charge on any atom is 0.328 e. The summed E-state index contributed by atoms with van der Waals surface area (Å²) in [6, 6.07) is 1.09. The number of hydrogen-bond donors (Lipinski definition) is 3. The van der Waals surface area contributed by atoms with Gasteiger partial charge in [0.15, 0.2) is 5.96 Å². The lowest BCUT2D eigenvalue weighted by Gasteiger charge is -2.24. The van der Waals surface area contributed by atoms with Gasteiger partial charge in [-0.1, -0.05) is 6.92 Å². The van der Waals surface area contributed by atoms with Gasteiger partial charge in [-0.3, -0.25) is 15.2 Å². The molecule has 1 aromatic carbocycles. The van der Waals surface area contributed by atoms with Crippen LogP contribution in [0.5, 0.6) is 11.5 Å². The number of carbonyl (C=O) groups is 1. The van der Waals surface area contributed by atoms with Gasteiger partial charge in [-0.25, -0.2) is 4.79 Å². The minimum atomic E-state index is -0.434. The Morgan fingerprint density at radius 2 is 2.09 bits per heavy atom. The fraction of sp³-hybridized carbons (Fsp3) is 0.467. The third-order valence-corrected chi connectivity index (χ3v) is 3.33. The number of phenolic OH excluding ortho intramolecular Hbond substituents is 1. The van der Waals surface area contributed by atoms with E-state index in [0.717, 1.165) is 12.0 Å². The third kappa shape index (κ3) is 3.81. The van der Waals surface area contributed by atoms with Crippen LogP contribution in [0.4, 0.5) is 10.5 Å². The predicted octanol–water partition coefficient (Wildman–Crippen LogP) is 1.89. The second-order valence-electron chi connectivity index (χ2n) is 4.95. The van der Waals surface area contributed by atoms with Crippen molar-refractivity contribution in [2.45, 2.75) is 27.2 Å². The highest BCUT2D eigenvalue weighted by Crippen LogP contribution is 2.37. The number of rotatable bonds is 4. The number of ether oxygens (including phenoxy) is 1. The summed E-state index contributed by atoms with van der Waals surface area (Å²) in [5, 5.41) is 12.5. The Balaban J connectivity index is 3.10. The average molecular weight is 308 g/mol. The third-order valence-electron chi connectivity index (χ3n) is 3.33. The second kappa shape index (κ2) is 7.53. The van der Waals surface area contributed by atoms with Crippen molar-refractivity contribution in [1.82, 2.24) is 5.32 Å². The number of anilines is 1. The fourth-order valence-corrected chi connectivity index (χ4v) is 2.14. The molecule has 0 aliphatic rings. The lowest BCUT2D eigenvalue weighted by atomic mass is 10.1. The van der Waals surface area contributed by atoms with Crippen molar-refractivity contribution in [1.29, 1.82) is 0 Å². The molecule has 0 fully saturated rings.